The van der Waals surface area contributed by atoms with Crippen LogP contribution in [0.15, 0.2) is 18.2 Å². The van der Waals surface area contributed by atoms with E-state index in [-0.39, 0.29) is 11.7 Å². The minimum atomic E-state index is -4.35. The molecule has 0 bridgehead atoms. The van der Waals surface area contributed by atoms with Crippen LogP contribution in [-0.2, 0) is 16.2 Å². The predicted molar refractivity (Wildman–Crippen MR) is 71.7 cm³/mol. The van der Waals surface area contributed by atoms with Crippen LogP contribution in [0, 0.1) is 0 Å². The van der Waals surface area contributed by atoms with Crippen LogP contribution in [0.2, 0.25) is 0 Å². The van der Waals surface area contributed by atoms with Gasteiger partial charge in [0, 0.05) is 24.7 Å². The fourth-order valence-corrected chi connectivity index (χ4v) is 2.57. The lowest BCUT2D eigenvalue weighted by Gasteiger charge is -2.28. The van der Waals surface area contributed by atoms with Crippen molar-refractivity contribution >= 4 is 21.6 Å². The van der Waals surface area contributed by atoms with E-state index in [9.17, 15) is 13.2 Å². The Bertz CT molecular complexity index is 444. The van der Waals surface area contributed by atoms with Crippen LogP contribution in [0.25, 0.3) is 0 Å². The number of likely N-dealkylation sites (N-methyl/N-ethyl adjacent to an activating group) is 1. The minimum absolute atomic E-state index is 0.0101. The molecule has 1 fully saturated rings. The molecule has 2 nitrogen and oxygen atoms in total. The summed E-state index contributed by atoms with van der Waals surface area (Å²) in [6, 6.07) is 4.47. The maximum atomic E-state index is 13.1. The third kappa shape index (κ3) is 3.23. The van der Waals surface area contributed by atoms with Gasteiger partial charge in [-0.2, -0.15) is 13.2 Å². The van der Waals surface area contributed by atoms with Gasteiger partial charge in [0.1, 0.15) is 0 Å². The van der Waals surface area contributed by atoms with E-state index in [0.29, 0.717) is 24.1 Å². The number of rotatable bonds is 3. The number of ether oxygens (including phenoxy) is 1. The average Bonchev–Trinajstić information content (AvgIpc) is 2.90. The summed E-state index contributed by atoms with van der Waals surface area (Å²) in [5, 5.41) is 0.409. The Hall–Kier alpha value is -0.750. The molecule has 0 radical (unpaired) electrons. The Morgan fingerprint density at radius 1 is 1.42 bits per heavy atom. The highest BCUT2D eigenvalue weighted by Crippen LogP contribution is 2.38. The second-order valence-electron chi connectivity index (χ2n) is 4.61. The molecule has 6 heteroatoms. The van der Waals surface area contributed by atoms with Gasteiger partial charge in [-0.1, -0.05) is 22.0 Å². The number of nitrogens with zero attached hydrogens (tertiary/aromatic N) is 1. The molecule has 19 heavy (non-hydrogen) atoms. The molecule has 1 unspecified atom stereocenters. The fourth-order valence-electron chi connectivity index (χ4n) is 2.23. The first-order valence-electron chi connectivity index (χ1n) is 6.00. The molecule has 0 aliphatic carbocycles. The molecule has 0 saturated carbocycles. The fraction of sp³-hybridized carbons (Fsp3) is 0.538. The maximum absolute atomic E-state index is 13.1. The topological polar surface area (TPSA) is 12.5 Å². The Morgan fingerprint density at radius 3 is 2.68 bits per heavy atom. The zero-order valence-electron chi connectivity index (χ0n) is 10.5. The lowest BCUT2D eigenvalue weighted by Crippen LogP contribution is -2.33. The van der Waals surface area contributed by atoms with Crippen molar-refractivity contribution < 1.29 is 17.9 Å². The van der Waals surface area contributed by atoms with Crippen molar-refractivity contribution in [1.82, 2.24) is 0 Å². The van der Waals surface area contributed by atoms with Crippen LogP contribution in [-0.4, -0.2) is 26.3 Å². The van der Waals surface area contributed by atoms with E-state index in [4.69, 9.17) is 4.74 Å². The van der Waals surface area contributed by atoms with E-state index in [1.807, 2.05) is 0 Å². The highest BCUT2D eigenvalue weighted by Gasteiger charge is 2.36. The van der Waals surface area contributed by atoms with Gasteiger partial charge in [-0.15, -0.1) is 0 Å². The first-order valence-corrected chi connectivity index (χ1v) is 7.12. The van der Waals surface area contributed by atoms with Gasteiger partial charge in [-0.05, 0) is 24.1 Å². The van der Waals surface area contributed by atoms with Crippen LogP contribution in [0.1, 0.15) is 17.5 Å². The second kappa shape index (κ2) is 5.71. The molecule has 1 aromatic carbocycles. The van der Waals surface area contributed by atoms with Crippen LogP contribution >= 0.6 is 15.9 Å². The molecule has 1 heterocycles. The Balaban J connectivity index is 2.38. The second-order valence-corrected chi connectivity index (χ2v) is 5.17. The number of anilines is 1. The molecular weight excluding hydrogens is 323 g/mol. The molecule has 1 atom stereocenters. The number of hydrogen-bond donors (Lipinski definition) is 0. The van der Waals surface area contributed by atoms with Crippen molar-refractivity contribution in [3.8, 4) is 0 Å². The minimum Gasteiger partial charge on any atom is -0.379 e. The Kier molecular flexibility index (Phi) is 4.40. The summed E-state index contributed by atoms with van der Waals surface area (Å²) in [5.74, 6) is 0. The zero-order chi connectivity index (χ0) is 14.0. The van der Waals surface area contributed by atoms with Crippen LogP contribution in [0.4, 0.5) is 18.9 Å². The van der Waals surface area contributed by atoms with Crippen molar-refractivity contribution in [2.45, 2.75) is 24.0 Å². The van der Waals surface area contributed by atoms with Crippen molar-refractivity contribution in [2.75, 3.05) is 25.2 Å². The van der Waals surface area contributed by atoms with Crippen LogP contribution in [0.5, 0.6) is 0 Å². The summed E-state index contributed by atoms with van der Waals surface area (Å²) in [6.07, 6.45) is -3.59. The van der Waals surface area contributed by atoms with Gasteiger partial charge in [-0.3, -0.25) is 0 Å². The molecular formula is C13H15BrF3NO. The monoisotopic (exact) mass is 337 g/mol. The van der Waals surface area contributed by atoms with Gasteiger partial charge in [0.05, 0.1) is 18.2 Å². The highest BCUT2D eigenvalue weighted by atomic mass is 79.9. The molecule has 1 saturated heterocycles. The van der Waals surface area contributed by atoms with Gasteiger partial charge >= 0.3 is 6.18 Å². The molecule has 1 aliphatic rings. The summed E-state index contributed by atoms with van der Waals surface area (Å²) in [7, 11) is 1.69. The molecule has 0 N–H and O–H groups in total. The van der Waals surface area contributed by atoms with E-state index in [1.165, 1.54) is 12.1 Å². The first-order chi connectivity index (χ1) is 8.93. The van der Waals surface area contributed by atoms with Crippen molar-refractivity contribution in [3.63, 3.8) is 0 Å². The molecule has 0 amide bonds. The number of halogens is 4. The SMILES string of the molecule is CN(c1ccc(CBr)cc1C(F)(F)F)C1CCOC1. The lowest BCUT2D eigenvalue weighted by atomic mass is 10.1. The van der Waals surface area contributed by atoms with Crippen molar-refractivity contribution in [3.05, 3.63) is 29.3 Å². The number of hydrogen-bond acceptors (Lipinski definition) is 2. The van der Waals surface area contributed by atoms with E-state index in [2.05, 4.69) is 15.9 Å². The van der Waals surface area contributed by atoms with E-state index in [0.717, 1.165) is 6.42 Å². The number of alkyl halides is 4. The van der Waals surface area contributed by atoms with Gasteiger partial charge < -0.3 is 9.64 Å². The maximum Gasteiger partial charge on any atom is 0.418 e. The van der Waals surface area contributed by atoms with Crippen molar-refractivity contribution in [1.29, 1.82) is 0 Å². The summed E-state index contributed by atoms with van der Waals surface area (Å²) in [5.41, 5.74) is 0.249. The van der Waals surface area contributed by atoms with Crippen molar-refractivity contribution in [2.24, 2.45) is 0 Å². The molecule has 1 aliphatic heterocycles. The van der Waals surface area contributed by atoms with Crippen LogP contribution < -0.4 is 4.90 Å². The quantitative estimate of drug-likeness (QED) is 0.777. The summed E-state index contributed by atoms with van der Waals surface area (Å²) < 4.78 is 44.7. The van der Waals surface area contributed by atoms with E-state index in [1.54, 1.807) is 18.0 Å². The Labute approximate surface area is 118 Å². The number of benzene rings is 1. The predicted octanol–water partition coefficient (Wildman–Crippen LogP) is 3.83. The average molecular weight is 338 g/mol. The Morgan fingerprint density at radius 2 is 2.16 bits per heavy atom. The molecule has 1 aromatic rings. The highest BCUT2D eigenvalue weighted by molar-refractivity contribution is 9.08. The summed E-state index contributed by atoms with van der Waals surface area (Å²) in [4.78, 5) is 1.67. The van der Waals surface area contributed by atoms with Gasteiger partial charge in [0.2, 0.25) is 0 Å². The lowest BCUT2D eigenvalue weighted by molar-refractivity contribution is -0.137. The third-order valence-corrected chi connectivity index (χ3v) is 4.00. The molecule has 0 aromatic heterocycles. The first kappa shape index (κ1) is 14.7. The molecule has 0 spiro atoms. The van der Waals surface area contributed by atoms with Crippen LogP contribution in [0.3, 0.4) is 0 Å². The van der Waals surface area contributed by atoms with Gasteiger partial charge in [-0.25, -0.2) is 0 Å². The molecule has 106 valence electrons. The standard InChI is InChI=1S/C13H15BrF3NO/c1-18(10-4-5-19-8-10)12-3-2-9(7-14)6-11(12)13(15,16)17/h2-3,6,10H,4-5,7-8H2,1H3. The van der Waals surface area contributed by atoms with E-state index >= 15 is 0 Å². The van der Waals surface area contributed by atoms with Gasteiger partial charge in [0.25, 0.3) is 0 Å². The van der Waals surface area contributed by atoms with Gasteiger partial charge in [0.15, 0.2) is 0 Å². The normalized spacial score (nSPS) is 19.7. The third-order valence-electron chi connectivity index (χ3n) is 3.35. The largest absolute Gasteiger partial charge is 0.418 e. The summed E-state index contributed by atoms with van der Waals surface area (Å²) >= 11 is 3.19. The summed E-state index contributed by atoms with van der Waals surface area (Å²) in [6.45, 7) is 1.09. The zero-order valence-corrected chi connectivity index (χ0v) is 12.1. The smallest absolute Gasteiger partial charge is 0.379 e. The van der Waals surface area contributed by atoms with E-state index < -0.39 is 11.7 Å². The molecule has 2 rings (SSSR count).